The van der Waals surface area contributed by atoms with E-state index in [9.17, 15) is 14.4 Å². The van der Waals surface area contributed by atoms with Crippen molar-refractivity contribution in [3.8, 4) is 11.5 Å². The number of carbonyl (C=O) groups is 3. The smallest absolute Gasteiger partial charge is 0.257 e. The predicted octanol–water partition coefficient (Wildman–Crippen LogP) is 4.08. The predicted molar refractivity (Wildman–Crippen MR) is 121 cm³/mol. The van der Waals surface area contributed by atoms with Gasteiger partial charge >= 0.3 is 0 Å². The molecule has 2 amide bonds. The molecule has 1 fully saturated rings. The fourth-order valence-corrected chi connectivity index (χ4v) is 3.84. The number of imide groups is 1. The third-order valence-corrected chi connectivity index (χ3v) is 5.44. The molecule has 6 nitrogen and oxygen atoms in total. The molecule has 3 aromatic rings. The van der Waals surface area contributed by atoms with Crippen molar-refractivity contribution in [2.45, 2.75) is 18.9 Å². The van der Waals surface area contributed by atoms with Gasteiger partial charge in [0.05, 0.1) is 18.2 Å². The lowest BCUT2D eigenvalue weighted by Crippen LogP contribution is -2.46. The van der Waals surface area contributed by atoms with Crippen LogP contribution in [0.15, 0.2) is 84.9 Å². The summed E-state index contributed by atoms with van der Waals surface area (Å²) < 4.78 is 5.91. The fraction of sp³-hybridized carbons (Fsp3) is 0.192. The Morgan fingerprint density at radius 3 is 2.28 bits per heavy atom. The molecular weight excluding hydrogens is 404 g/mol. The van der Waals surface area contributed by atoms with Crippen molar-refractivity contribution < 1.29 is 19.1 Å². The van der Waals surface area contributed by atoms with Gasteiger partial charge in [-0.15, -0.1) is 0 Å². The quantitative estimate of drug-likeness (QED) is 0.453. The van der Waals surface area contributed by atoms with Crippen LogP contribution in [0.25, 0.3) is 0 Å². The number of rotatable bonds is 7. The Bertz CT molecular complexity index is 1100. The van der Waals surface area contributed by atoms with Crippen LogP contribution in [0.4, 0.5) is 0 Å². The standard InChI is InChI=1S/C26H24N2O4/c29-23(21-14-7-8-16-24(21)32-20-12-5-2-6-13-20)18-28-17-9-15-22(28)26(31)27-25(30)19-10-3-1-4-11-19/h1-8,10-14,16,22H,9,15,17-18H2,(H,27,30,31)/t22-/m1/s1. The zero-order chi connectivity index (χ0) is 22.3. The molecule has 32 heavy (non-hydrogen) atoms. The maximum Gasteiger partial charge on any atom is 0.257 e. The van der Waals surface area contributed by atoms with Crippen LogP contribution in [0.1, 0.15) is 33.6 Å². The molecule has 0 saturated carbocycles. The minimum atomic E-state index is -0.520. The lowest BCUT2D eigenvalue weighted by atomic mass is 10.1. The lowest BCUT2D eigenvalue weighted by molar-refractivity contribution is -0.124. The van der Waals surface area contributed by atoms with Crippen LogP contribution in [-0.2, 0) is 4.79 Å². The maximum absolute atomic E-state index is 13.1. The minimum absolute atomic E-state index is 0.0762. The molecule has 1 N–H and O–H groups in total. The highest BCUT2D eigenvalue weighted by molar-refractivity contribution is 6.06. The summed E-state index contributed by atoms with van der Waals surface area (Å²) in [4.78, 5) is 40.0. The summed E-state index contributed by atoms with van der Waals surface area (Å²) >= 11 is 0. The molecule has 1 aliphatic heterocycles. The number of para-hydroxylation sites is 2. The number of amides is 2. The minimum Gasteiger partial charge on any atom is -0.457 e. The first-order valence-electron chi connectivity index (χ1n) is 10.6. The molecule has 0 spiro atoms. The molecular formula is C26H24N2O4. The fourth-order valence-electron chi connectivity index (χ4n) is 3.84. The Morgan fingerprint density at radius 1 is 0.875 bits per heavy atom. The van der Waals surface area contributed by atoms with Crippen molar-refractivity contribution in [2.24, 2.45) is 0 Å². The molecule has 6 heteroatoms. The van der Waals surface area contributed by atoms with E-state index in [0.717, 1.165) is 6.42 Å². The van der Waals surface area contributed by atoms with Crippen LogP contribution < -0.4 is 10.1 Å². The number of ether oxygens (including phenoxy) is 1. The summed E-state index contributed by atoms with van der Waals surface area (Å²) in [6.45, 7) is 0.692. The second-order valence-electron chi connectivity index (χ2n) is 7.65. The van der Waals surface area contributed by atoms with Crippen LogP contribution in [0.2, 0.25) is 0 Å². The Kier molecular flexibility index (Phi) is 6.72. The third kappa shape index (κ3) is 5.10. The highest BCUT2D eigenvalue weighted by atomic mass is 16.5. The molecule has 4 rings (SSSR count). The molecule has 0 unspecified atom stereocenters. The number of benzene rings is 3. The summed E-state index contributed by atoms with van der Waals surface area (Å²) in [5.41, 5.74) is 0.885. The van der Waals surface area contributed by atoms with Crippen LogP contribution in [0, 0.1) is 0 Å². The van der Waals surface area contributed by atoms with Gasteiger partial charge in [0.2, 0.25) is 5.91 Å². The van der Waals surface area contributed by atoms with E-state index in [1.807, 2.05) is 47.4 Å². The number of hydrogen-bond acceptors (Lipinski definition) is 5. The number of ketones is 1. The molecule has 162 valence electrons. The van der Waals surface area contributed by atoms with Crippen molar-refractivity contribution in [3.63, 3.8) is 0 Å². The van der Waals surface area contributed by atoms with Crippen LogP contribution in [0.5, 0.6) is 11.5 Å². The maximum atomic E-state index is 13.1. The first kappa shape index (κ1) is 21.5. The number of nitrogens with one attached hydrogen (secondary N) is 1. The van der Waals surface area contributed by atoms with Crippen molar-refractivity contribution >= 4 is 17.6 Å². The van der Waals surface area contributed by atoms with E-state index in [-0.39, 0.29) is 18.2 Å². The van der Waals surface area contributed by atoms with E-state index in [1.165, 1.54) is 0 Å². The second kappa shape index (κ2) is 10.0. The van der Waals surface area contributed by atoms with E-state index < -0.39 is 11.9 Å². The van der Waals surface area contributed by atoms with Crippen LogP contribution in [0.3, 0.4) is 0 Å². The summed E-state index contributed by atoms with van der Waals surface area (Å²) in [5, 5.41) is 2.47. The van der Waals surface area contributed by atoms with Gasteiger partial charge in [0.25, 0.3) is 5.91 Å². The SMILES string of the molecule is O=C(NC(=O)[C@H]1CCCN1CC(=O)c1ccccc1Oc1ccccc1)c1ccccc1. The number of nitrogens with zero attached hydrogens (tertiary/aromatic N) is 1. The summed E-state index contributed by atoms with van der Waals surface area (Å²) in [6, 6.07) is 24.5. The molecule has 0 aliphatic carbocycles. The Hall–Kier alpha value is -3.77. The van der Waals surface area contributed by atoms with Crippen molar-refractivity contribution in [1.82, 2.24) is 10.2 Å². The molecule has 3 aromatic carbocycles. The van der Waals surface area contributed by atoms with Gasteiger partial charge in [-0.05, 0) is 55.8 Å². The molecule has 0 aromatic heterocycles. The Morgan fingerprint density at radius 2 is 1.53 bits per heavy atom. The van der Waals surface area contributed by atoms with E-state index in [4.69, 9.17) is 4.74 Å². The summed E-state index contributed by atoms with van der Waals surface area (Å²) in [5.74, 6) is 0.174. The second-order valence-corrected chi connectivity index (χ2v) is 7.65. The van der Waals surface area contributed by atoms with E-state index in [1.54, 1.807) is 42.5 Å². The first-order chi connectivity index (χ1) is 15.6. The Labute approximate surface area is 186 Å². The van der Waals surface area contributed by atoms with E-state index >= 15 is 0 Å². The zero-order valence-electron chi connectivity index (χ0n) is 17.6. The van der Waals surface area contributed by atoms with Gasteiger partial charge in [-0.2, -0.15) is 0 Å². The Balaban J connectivity index is 1.43. The molecule has 1 heterocycles. The summed E-state index contributed by atoms with van der Waals surface area (Å²) in [6.07, 6.45) is 1.39. The van der Waals surface area contributed by atoms with Crippen molar-refractivity contribution in [3.05, 3.63) is 96.1 Å². The van der Waals surface area contributed by atoms with Crippen molar-refractivity contribution in [1.29, 1.82) is 0 Å². The van der Waals surface area contributed by atoms with E-state index in [0.29, 0.717) is 35.6 Å². The van der Waals surface area contributed by atoms with Gasteiger partial charge < -0.3 is 4.74 Å². The van der Waals surface area contributed by atoms with Crippen molar-refractivity contribution in [2.75, 3.05) is 13.1 Å². The summed E-state index contributed by atoms with van der Waals surface area (Å²) in [7, 11) is 0. The number of carbonyl (C=O) groups excluding carboxylic acids is 3. The molecule has 1 atom stereocenters. The van der Waals surface area contributed by atoms with Crippen LogP contribution >= 0.6 is 0 Å². The first-order valence-corrected chi connectivity index (χ1v) is 10.6. The van der Waals surface area contributed by atoms with Gasteiger partial charge in [-0.1, -0.05) is 48.5 Å². The number of Topliss-reactive ketones (excluding diaryl/α,β-unsaturated/α-hetero) is 1. The average molecular weight is 428 g/mol. The third-order valence-electron chi connectivity index (χ3n) is 5.44. The zero-order valence-corrected chi connectivity index (χ0v) is 17.6. The highest BCUT2D eigenvalue weighted by Crippen LogP contribution is 2.26. The van der Waals surface area contributed by atoms with Gasteiger partial charge in [0.15, 0.2) is 5.78 Å². The molecule has 0 radical (unpaired) electrons. The molecule has 1 aliphatic rings. The largest absolute Gasteiger partial charge is 0.457 e. The number of hydrogen-bond donors (Lipinski definition) is 1. The van der Waals surface area contributed by atoms with Gasteiger partial charge in [0.1, 0.15) is 11.5 Å². The normalized spacial score (nSPS) is 15.8. The van der Waals surface area contributed by atoms with E-state index in [2.05, 4.69) is 5.32 Å². The number of likely N-dealkylation sites (tertiary alicyclic amines) is 1. The topological polar surface area (TPSA) is 75.7 Å². The lowest BCUT2D eigenvalue weighted by Gasteiger charge is -2.23. The van der Waals surface area contributed by atoms with Gasteiger partial charge in [-0.25, -0.2) is 0 Å². The molecule has 1 saturated heterocycles. The molecule has 0 bridgehead atoms. The van der Waals surface area contributed by atoms with Crippen LogP contribution in [-0.4, -0.2) is 41.6 Å². The monoisotopic (exact) mass is 428 g/mol. The van der Waals surface area contributed by atoms with Gasteiger partial charge in [0, 0.05) is 5.56 Å². The average Bonchev–Trinajstić information content (AvgIpc) is 3.29. The van der Waals surface area contributed by atoms with Gasteiger partial charge in [-0.3, -0.25) is 24.6 Å². The highest BCUT2D eigenvalue weighted by Gasteiger charge is 2.33.